The zero-order valence-electron chi connectivity index (χ0n) is 15.4. The van der Waals surface area contributed by atoms with Crippen molar-refractivity contribution in [2.24, 2.45) is 0 Å². The van der Waals surface area contributed by atoms with Crippen molar-refractivity contribution in [2.75, 3.05) is 12.9 Å². The number of halogens is 1. The zero-order valence-corrected chi connectivity index (χ0v) is 16.2. The number of nitrogens with zero attached hydrogens (tertiary/aromatic N) is 1. The Kier molecular flexibility index (Phi) is 8.30. The second-order valence-corrected chi connectivity index (χ2v) is 6.28. The van der Waals surface area contributed by atoms with E-state index in [2.05, 4.69) is 10.7 Å². The molecule has 0 radical (unpaired) electrons. The summed E-state index contributed by atoms with van der Waals surface area (Å²) in [6.45, 7) is 0.0811. The Bertz CT molecular complexity index is 787. The first-order valence-corrected chi connectivity index (χ1v) is 9.17. The van der Waals surface area contributed by atoms with E-state index in [0.717, 1.165) is 16.1 Å². The van der Waals surface area contributed by atoms with Gasteiger partial charge in [-0.25, -0.2) is 4.79 Å². The predicted octanol–water partition coefficient (Wildman–Crippen LogP) is 2.25. The third-order valence-corrected chi connectivity index (χ3v) is 4.07. The van der Waals surface area contributed by atoms with Crippen molar-refractivity contribution in [1.82, 2.24) is 15.8 Å². The van der Waals surface area contributed by atoms with E-state index in [1.54, 1.807) is 0 Å². The van der Waals surface area contributed by atoms with Gasteiger partial charge in [-0.1, -0.05) is 60.7 Å². The molecule has 0 aromatic heterocycles. The Morgan fingerprint density at radius 3 is 2.14 bits per heavy atom. The number of carbonyl (C=O) groups excluding carboxylic acids is 3. The summed E-state index contributed by atoms with van der Waals surface area (Å²) in [5.74, 6) is -1.31. The number of ether oxygens (including phenoxy) is 1. The molecule has 2 aromatic rings. The number of benzene rings is 2. The van der Waals surface area contributed by atoms with Crippen LogP contribution in [-0.4, -0.2) is 41.9 Å². The average molecular weight is 404 g/mol. The Morgan fingerprint density at radius 1 is 1.00 bits per heavy atom. The summed E-state index contributed by atoms with van der Waals surface area (Å²) in [6, 6.07) is 17.5. The highest BCUT2D eigenvalue weighted by molar-refractivity contribution is 6.27. The average Bonchev–Trinajstić information content (AvgIpc) is 2.72. The van der Waals surface area contributed by atoms with E-state index in [1.807, 2.05) is 60.7 Å². The normalized spacial score (nSPS) is 11.2. The highest BCUT2D eigenvalue weighted by atomic mass is 35.5. The van der Waals surface area contributed by atoms with E-state index in [1.165, 1.54) is 7.05 Å². The number of likely N-dealkylation sites (N-methyl/N-ethyl adjacent to an activating group) is 1. The number of amides is 3. The molecule has 0 aliphatic carbocycles. The fraction of sp³-hybridized carbons (Fsp3) is 0.250. The van der Waals surface area contributed by atoms with Crippen molar-refractivity contribution in [2.45, 2.75) is 19.1 Å². The van der Waals surface area contributed by atoms with Gasteiger partial charge in [-0.3, -0.25) is 20.0 Å². The first kappa shape index (κ1) is 21.2. The lowest BCUT2D eigenvalue weighted by Gasteiger charge is -2.24. The minimum atomic E-state index is -0.925. The number of nitrogens with one attached hydrogen (secondary N) is 2. The molecule has 3 amide bonds. The Morgan fingerprint density at radius 2 is 1.57 bits per heavy atom. The molecule has 2 rings (SSSR count). The third-order valence-electron chi connectivity index (χ3n) is 3.83. The summed E-state index contributed by atoms with van der Waals surface area (Å²) in [5, 5.41) is 3.58. The van der Waals surface area contributed by atoms with Crippen molar-refractivity contribution in [3.05, 3.63) is 71.8 Å². The highest BCUT2D eigenvalue weighted by Crippen LogP contribution is 2.07. The summed E-state index contributed by atoms with van der Waals surface area (Å²) >= 11 is 5.45. The Hall–Kier alpha value is -3.06. The van der Waals surface area contributed by atoms with Gasteiger partial charge in [0.05, 0.1) is 0 Å². The minimum absolute atomic E-state index is 0.0811. The van der Waals surface area contributed by atoms with Gasteiger partial charge >= 0.3 is 6.09 Å². The maximum Gasteiger partial charge on any atom is 0.408 e. The molecule has 28 heavy (non-hydrogen) atoms. The van der Waals surface area contributed by atoms with E-state index in [0.29, 0.717) is 0 Å². The first-order valence-electron chi connectivity index (χ1n) is 8.63. The molecule has 2 N–H and O–H groups in total. The van der Waals surface area contributed by atoms with Crippen LogP contribution in [0.4, 0.5) is 4.79 Å². The smallest absolute Gasteiger partial charge is 0.408 e. The molecule has 0 saturated heterocycles. The van der Waals surface area contributed by atoms with Gasteiger partial charge in [0.25, 0.3) is 11.8 Å². The number of hydrogen-bond acceptors (Lipinski definition) is 4. The number of alkyl carbamates (subject to hydrolysis) is 1. The van der Waals surface area contributed by atoms with Gasteiger partial charge in [0.2, 0.25) is 0 Å². The van der Waals surface area contributed by atoms with E-state index in [-0.39, 0.29) is 18.9 Å². The molecule has 1 atom stereocenters. The Balaban J connectivity index is 2.03. The van der Waals surface area contributed by atoms with Crippen molar-refractivity contribution in [1.29, 1.82) is 0 Å². The molecule has 0 heterocycles. The number of carbonyl (C=O) groups is 3. The van der Waals surface area contributed by atoms with Gasteiger partial charge in [0.1, 0.15) is 18.5 Å². The molecule has 0 fully saturated rings. The van der Waals surface area contributed by atoms with Crippen molar-refractivity contribution in [3.63, 3.8) is 0 Å². The van der Waals surface area contributed by atoms with Crippen molar-refractivity contribution >= 4 is 29.5 Å². The lowest BCUT2D eigenvalue weighted by atomic mass is 10.1. The standard InChI is InChI=1S/C20H22ClN3O4/c1-24(23-18(25)13-21)19(26)17(12-15-8-4-2-5-9-15)22-20(27)28-14-16-10-6-3-7-11-16/h2-11,17H,12-14H2,1H3,(H,22,27)(H,23,25)/t17-/m0/s1. The maximum absolute atomic E-state index is 12.7. The number of alkyl halides is 1. The van der Waals surface area contributed by atoms with Crippen LogP contribution in [0.5, 0.6) is 0 Å². The quantitative estimate of drug-likeness (QED) is 0.548. The minimum Gasteiger partial charge on any atom is -0.445 e. The van der Waals surface area contributed by atoms with Gasteiger partial charge < -0.3 is 10.1 Å². The van der Waals surface area contributed by atoms with Crippen LogP contribution in [-0.2, 0) is 27.4 Å². The third kappa shape index (κ3) is 6.92. The van der Waals surface area contributed by atoms with Gasteiger partial charge in [-0.2, -0.15) is 0 Å². The monoisotopic (exact) mass is 403 g/mol. The SMILES string of the molecule is CN(NC(=O)CCl)C(=O)[C@H](Cc1ccccc1)NC(=O)OCc1ccccc1. The van der Waals surface area contributed by atoms with E-state index in [9.17, 15) is 14.4 Å². The predicted molar refractivity (Wildman–Crippen MR) is 105 cm³/mol. The Labute approximate surface area is 168 Å². The highest BCUT2D eigenvalue weighted by Gasteiger charge is 2.26. The second-order valence-electron chi connectivity index (χ2n) is 6.01. The van der Waals surface area contributed by atoms with Gasteiger partial charge in [-0.15, -0.1) is 11.6 Å². The van der Waals surface area contributed by atoms with Crippen LogP contribution in [0.1, 0.15) is 11.1 Å². The fourth-order valence-corrected chi connectivity index (χ4v) is 2.52. The van der Waals surface area contributed by atoms with E-state index < -0.39 is 23.9 Å². The topological polar surface area (TPSA) is 87.7 Å². The van der Waals surface area contributed by atoms with Crippen LogP contribution < -0.4 is 10.7 Å². The number of hydrogen-bond donors (Lipinski definition) is 2. The van der Waals surface area contributed by atoms with Crippen LogP contribution in [0.25, 0.3) is 0 Å². The molecule has 0 spiro atoms. The number of rotatable bonds is 7. The van der Waals surface area contributed by atoms with Crippen molar-refractivity contribution in [3.8, 4) is 0 Å². The summed E-state index contributed by atoms with van der Waals surface area (Å²) in [6.07, 6.45) is -0.489. The van der Waals surface area contributed by atoms with Crippen LogP contribution in [0, 0.1) is 0 Å². The molecule has 8 heteroatoms. The summed E-state index contributed by atoms with van der Waals surface area (Å²) < 4.78 is 5.20. The summed E-state index contributed by atoms with van der Waals surface area (Å²) in [7, 11) is 1.39. The summed E-state index contributed by atoms with van der Waals surface area (Å²) in [4.78, 5) is 36.4. The fourth-order valence-electron chi connectivity index (χ4n) is 2.46. The van der Waals surface area contributed by atoms with E-state index in [4.69, 9.17) is 16.3 Å². The molecule has 2 aromatic carbocycles. The molecule has 0 aliphatic rings. The molecular weight excluding hydrogens is 382 g/mol. The zero-order chi connectivity index (χ0) is 20.4. The number of hydrazine groups is 1. The molecule has 0 saturated carbocycles. The van der Waals surface area contributed by atoms with Crippen LogP contribution in [0.3, 0.4) is 0 Å². The molecule has 0 bridgehead atoms. The van der Waals surface area contributed by atoms with E-state index >= 15 is 0 Å². The molecule has 7 nitrogen and oxygen atoms in total. The lowest BCUT2D eigenvalue weighted by Crippen LogP contribution is -2.54. The molecular formula is C20H22ClN3O4. The van der Waals surface area contributed by atoms with Crippen LogP contribution >= 0.6 is 11.6 Å². The first-order chi connectivity index (χ1) is 13.5. The van der Waals surface area contributed by atoms with Crippen molar-refractivity contribution < 1.29 is 19.1 Å². The summed E-state index contributed by atoms with van der Waals surface area (Å²) in [5.41, 5.74) is 4.02. The molecule has 148 valence electrons. The largest absolute Gasteiger partial charge is 0.445 e. The van der Waals surface area contributed by atoms with Crippen LogP contribution in [0.2, 0.25) is 0 Å². The van der Waals surface area contributed by atoms with Gasteiger partial charge in [0.15, 0.2) is 0 Å². The van der Waals surface area contributed by atoms with Gasteiger partial charge in [0, 0.05) is 13.5 Å². The second kappa shape index (κ2) is 10.9. The molecule has 0 aliphatic heterocycles. The maximum atomic E-state index is 12.7. The molecule has 0 unspecified atom stereocenters. The van der Waals surface area contributed by atoms with Crippen LogP contribution in [0.15, 0.2) is 60.7 Å². The lowest BCUT2D eigenvalue weighted by molar-refractivity contribution is -0.140. The van der Waals surface area contributed by atoms with Gasteiger partial charge in [-0.05, 0) is 11.1 Å².